The second-order valence-corrected chi connectivity index (χ2v) is 4.50. The molecular formula is C11H18. The Kier molecular flexibility index (Phi) is 1.42. The van der Waals surface area contributed by atoms with Gasteiger partial charge in [-0.15, -0.1) is 0 Å². The summed E-state index contributed by atoms with van der Waals surface area (Å²) in [5.74, 6) is 1.87. The molecule has 0 nitrogen and oxygen atoms in total. The maximum absolute atomic E-state index is 4.26. The average Bonchev–Trinajstić information content (AvgIpc) is 2.56. The van der Waals surface area contributed by atoms with Crippen LogP contribution < -0.4 is 0 Å². The van der Waals surface area contributed by atoms with E-state index in [1.807, 2.05) is 0 Å². The summed E-state index contributed by atoms with van der Waals surface area (Å²) in [7, 11) is 0. The molecular weight excluding hydrogens is 132 g/mol. The van der Waals surface area contributed by atoms with Gasteiger partial charge in [0.15, 0.2) is 0 Å². The van der Waals surface area contributed by atoms with Crippen molar-refractivity contribution in [3.8, 4) is 0 Å². The van der Waals surface area contributed by atoms with Crippen molar-refractivity contribution >= 4 is 0 Å². The Morgan fingerprint density at radius 3 is 2.64 bits per heavy atom. The van der Waals surface area contributed by atoms with Crippen LogP contribution in [0.25, 0.3) is 0 Å². The Morgan fingerprint density at radius 1 is 1.55 bits per heavy atom. The molecule has 0 radical (unpaired) electrons. The van der Waals surface area contributed by atoms with E-state index in [2.05, 4.69) is 20.4 Å². The summed E-state index contributed by atoms with van der Waals surface area (Å²) in [6.07, 6.45) is 5.64. The first-order valence-electron chi connectivity index (χ1n) is 4.87. The molecule has 2 aliphatic rings. The molecule has 2 bridgehead atoms. The molecule has 0 amide bonds. The zero-order valence-electron chi connectivity index (χ0n) is 7.69. The van der Waals surface area contributed by atoms with Crippen molar-refractivity contribution in [2.45, 2.75) is 39.5 Å². The number of hydrogen-bond donors (Lipinski definition) is 0. The molecule has 0 unspecified atom stereocenters. The number of allylic oxidation sites excluding steroid dienone is 1. The first kappa shape index (κ1) is 7.39. The minimum absolute atomic E-state index is 0.517. The lowest BCUT2D eigenvalue weighted by Gasteiger charge is -2.35. The fourth-order valence-corrected chi connectivity index (χ4v) is 3.12. The molecule has 3 atom stereocenters. The number of rotatable bonds is 1. The summed E-state index contributed by atoms with van der Waals surface area (Å²) in [6, 6.07) is 0. The second kappa shape index (κ2) is 2.12. The van der Waals surface area contributed by atoms with Crippen LogP contribution in [0.3, 0.4) is 0 Å². The van der Waals surface area contributed by atoms with Crippen molar-refractivity contribution in [2.75, 3.05) is 0 Å². The lowest BCUT2D eigenvalue weighted by molar-refractivity contribution is 0.249. The monoisotopic (exact) mass is 150 g/mol. The summed E-state index contributed by atoms with van der Waals surface area (Å²) in [6.45, 7) is 8.99. The minimum atomic E-state index is 0.517. The Bertz CT molecular complexity index is 192. The smallest absolute Gasteiger partial charge is 0.00905 e. The highest BCUT2D eigenvalue weighted by Crippen LogP contribution is 2.59. The van der Waals surface area contributed by atoms with Gasteiger partial charge in [0.25, 0.3) is 0 Å². The molecule has 0 aromatic carbocycles. The first-order valence-corrected chi connectivity index (χ1v) is 4.87. The molecule has 11 heavy (non-hydrogen) atoms. The van der Waals surface area contributed by atoms with Crippen LogP contribution in [0.2, 0.25) is 0 Å². The zero-order chi connectivity index (χ0) is 8.06. The standard InChI is InChI=1S/C11H18/c1-4-11(3)8(2)9-5-6-10(11)7-9/h9-10H,2,4-7H2,1,3H3/t9-,10+,11-/m1/s1. The molecule has 2 rings (SSSR count). The van der Waals surface area contributed by atoms with E-state index in [-0.39, 0.29) is 0 Å². The van der Waals surface area contributed by atoms with Crippen LogP contribution in [0, 0.1) is 17.3 Å². The molecule has 0 spiro atoms. The van der Waals surface area contributed by atoms with Gasteiger partial charge in [0.2, 0.25) is 0 Å². The van der Waals surface area contributed by atoms with Crippen LogP contribution in [-0.4, -0.2) is 0 Å². The van der Waals surface area contributed by atoms with E-state index >= 15 is 0 Å². The van der Waals surface area contributed by atoms with E-state index in [9.17, 15) is 0 Å². The van der Waals surface area contributed by atoms with Crippen LogP contribution in [-0.2, 0) is 0 Å². The Morgan fingerprint density at radius 2 is 2.27 bits per heavy atom. The van der Waals surface area contributed by atoms with Gasteiger partial charge in [-0.25, -0.2) is 0 Å². The Hall–Kier alpha value is -0.260. The molecule has 0 aliphatic heterocycles. The van der Waals surface area contributed by atoms with Gasteiger partial charge in [-0.05, 0) is 42.9 Å². The average molecular weight is 150 g/mol. The summed E-state index contributed by atoms with van der Waals surface area (Å²) in [5.41, 5.74) is 2.08. The molecule has 0 heteroatoms. The number of hydrogen-bond acceptors (Lipinski definition) is 0. The van der Waals surface area contributed by atoms with Crippen molar-refractivity contribution in [1.29, 1.82) is 0 Å². The van der Waals surface area contributed by atoms with E-state index in [4.69, 9.17) is 0 Å². The molecule has 0 aromatic heterocycles. The molecule has 0 aromatic rings. The van der Waals surface area contributed by atoms with Gasteiger partial charge in [-0.2, -0.15) is 0 Å². The zero-order valence-corrected chi connectivity index (χ0v) is 7.69. The van der Waals surface area contributed by atoms with Crippen LogP contribution >= 0.6 is 0 Å². The van der Waals surface area contributed by atoms with E-state index < -0.39 is 0 Å². The third-order valence-electron chi connectivity index (χ3n) is 4.29. The maximum atomic E-state index is 4.26. The molecule has 2 aliphatic carbocycles. The van der Waals surface area contributed by atoms with E-state index in [0.29, 0.717) is 5.41 Å². The van der Waals surface area contributed by atoms with Gasteiger partial charge in [-0.3, -0.25) is 0 Å². The highest BCUT2D eigenvalue weighted by atomic mass is 14.5. The topological polar surface area (TPSA) is 0 Å². The van der Waals surface area contributed by atoms with Gasteiger partial charge in [0, 0.05) is 0 Å². The Balaban J connectivity index is 2.30. The van der Waals surface area contributed by atoms with Crippen molar-refractivity contribution in [3.05, 3.63) is 12.2 Å². The quantitative estimate of drug-likeness (QED) is 0.503. The van der Waals surface area contributed by atoms with E-state index in [1.54, 1.807) is 5.57 Å². The highest BCUT2D eigenvalue weighted by molar-refractivity contribution is 5.23. The largest absolute Gasteiger partial charge is 0.0990 e. The Labute approximate surface area is 69.7 Å². The fraction of sp³-hybridized carbons (Fsp3) is 0.818. The van der Waals surface area contributed by atoms with Crippen LogP contribution in [0.4, 0.5) is 0 Å². The van der Waals surface area contributed by atoms with Crippen molar-refractivity contribution < 1.29 is 0 Å². The molecule has 2 saturated carbocycles. The predicted molar refractivity (Wildman–Crippen MR) is 48.4 cm³/mol. The predicted octanol–water partition coefficient (Wildman–Crippen LogP) is 3.39. The minimum Gasteiger partial charge on any atom is -0.0990 e. The van der Waals surface area contributed by atoms with Gasteiger partial charge in [0.05, 0.1) is 0 Å². The summed E-state index contributed by atoms with van der Waals surface area (Å²) >= 11 is 0. The summed E-state index contributed by atoms with van der Waals surface area (Å²) in [5, 5.41) is 0. The molecule has 0 N–H and O–H groups in total. The summed E-state index contributed by atoms with van der Waals surface area (Å²) in [4.78, 5) is 0. The SMILES string of the molecule is C=C1[C@@H]2CC[C@@H](C2)[C@]1(C)CC. The van der Waals surface area contributed by atoms with Gasteiger partial charge in [0.1, 0.15) is 0 Å². The van der Waals surface area contributed by atoms with Crippen molar-refractivity contribution in [2.24, 2.45) is 17.3 Å². The fourth-order valence-electron chi connectivity index (χ4n) is 3.12. The van der Waals surface area contributed by atoms with Crippen molar-refractivity contribution in [3.63, 3.8) is 0 Å². The van der Waals surface area contributed by atoms with Crippen LogP contribution in [0.1, 0.15) is 39.5 Å². The molecule has 62 valence electrons. The third-order valence-corrected chi connectivity index (χ3v) is 4.29. The second-order valence-electron chi connectivity index (χ2n) is 4.50. The molecule has 0 heterocycles. The lowest BCUT2D eigenvalue weighted by atomic mass is 9.70. The van der Waals surface area contributed by atoms with Gasteiger partial charge < -0.3 is 0 Å². The molecule has 2 fully saturated rings. The maximum Gasteiger partial charge on any atom is -0.00905 e. The normalized spacial score (nSPS) is 48.7. The highest BCUT2D eigenvalue weighted by Gasteiger charge is 2.49. The van der Waals surface area contributed by atoms with Crippen LogP contribution in [0.5, 0.6) is 0 Å². The van der Waals surface area contributed by atoms with Gasteiger partial charge >= 0.3 is 0 Å². The summed E-state index contributed by atoms with van der Waals surface area (Å²) < 4.78 is 0. The number of fused-ring (bicyclic) bond motifs is 2. The third kappa shape index (κ3) is 0.758. The van der Waals surface area contributed by atoms with E-state index in [0.717, 1.165) is 11.8 Å². The van der Waals surface area contributed by atoms with Crippen molar-refractivity contribution in [1.82, 2.24) is 0 Å². The van der Waals surface area contributed by atoms with Crippen LogP contribution in [0.15, 0.2) is 12.2 Å². The van der Waals surface area contributed by atoms with E-state index in [1.165, 1.54) is 25.7 Å². The first-order chi connectivity index (χ1) is 5.18. The van der Waals surface area contributed by atoms with Gasteiger partial charge in [-0.1, -0.05) is 26.0 Å². The lowest BCUT2D eigenvalue weighted by Crippen LogP contribution is -2.24. The molecule has 0 saturated heterocycles.